The molecule has 0 unspecified atom stereocenters. The summed E-state index contributed by atoms with van der Waals surface area (Å²) in [6.07, 6.45) is 5.52. The smallest absolute Gasteiger partial charge is 0.410 e. The van der Waals surface area contributed by atoms with Crippen LogP contribution in [0.5, 0.6) is 0 Å². The Kier molecular flexibility index (Phi) is 5.81. The van der Waals surface area contributed by atoms with Crippen molar-refractivity contribution >= 4 is 35.0 Å². The van der Waals surface area contributed by atoms with E-state index in [2.05, 4.69) is 21.8 Å². The van der Waals surface area contributed by atoms with Crippen LogP contribution in [-0.2, 0) is 10.2 Å². The lowest BCUT2D eigenvalue weighted by molar-refractivity contribution is 0.0129. The van der Waals surface area contributed by atoms with Crippen LogP contribution in [0.3, 0.4) is 0 Å². The van der Waals surface area contributed by atoms with E-state index < -0.39 is 11.4 Å². The highest BCUT2D eigenvalue weighted by atomic mass is 35.5. The second-order valence-electron chi connectivity index (χ2n) is 11.1. The van der Waals surface area contributed by atoms with Gasteiger partial charge < -0.3 is 19.4 Å². The number of carbonyl (C=O) groups is 1. The number of fused-ring (bicyclic) bond motifs is 2. The topological polar surface area (TPSA) is 74.7 Å². The van der Waals surface area contributed by atoms with E-state index in [-0.39, 0.29) is 28.7 Å². The van der Waals surface area contributed by atoms with Gasteiger partial charge in [0.15, 0.2) is 5.82 Å². The first-order valence-electron chi connectivity index (χ1n) is 12.2. The molecule has 0 aromatic carbocycles. The van der Waals surface area contributed by atoms with E-state index in [9.17, 15) is 9.18 Å². The molecule has 0 radical (unpaired) electrons. The van der Waals surface area contributed by atoms with Crippen LogP contribution in [-0.4, -0.2) is 63.3 Å². The second kappa shape index (κ2) is 8.47. The van der Waals surface area contributed by atoms with Gasteiger partial charge in [0.1, 0.15) is 28.7 Å². The molecule has 188 valence electrons. The maximum atomic E-state index is 14.8. The molecule has 0 bridgehead atoms. The van der Waals surface area contributed by atoms with Crippen molar-refractivity contribution in [2.24, 2.45) is 0 Å². The van der Waals surface area contributed by atoms with Gasteiger partial charge in [-0.05, 0) is 47.5 Å². The lowest BCUT2D eigenvalue weighted by Gasteiger charge is -2.46. The van der Waals surface area contributed by atoms with Crippen LogP contribution in [0.25, 0.3) is 0 Å². The van der Waals surface area contributed by atoms with Gasteiger partial charge in [0.2, 0.25) is 0 Å². The van der Waals surface area contributed by atoms with Gasteiger partial charge >= 0.3 is 6.09 Å². The molecule has 8 nitrogen and oxygen atoms in total. The zero-order chi connectivity index (χ0) is 25.1. The van der Waals surface area contributed by atoms with E-state index in [4.69, 9.17) is 21.3 Å². The van der Waals surface area contributed by atoms with Crippen molar-refractivity contribution < 1.29 is 13.9 Å². The number of hydrogen-bond acceptors (Lipinski definition) is 7. The molecule has 1 amide bonds. The van der Waals surface area contributed by atoms with E-state index in [1.165, 1.54) is 0 Å². The summed E-state index contributed by atoms with van der Waals surface area (Å²) in [5.41, 5.74) is 0.786. The van der Waals surface area contributed by atoms with Gasteiger partial charge in [-0.15, -0.1) is 0 Å². The third-order valence-corrected chi connectivity index (χ3v) is 7.55. The van der Waals surface area contributed by atoms with Crippen molar-refractivity contribution in [3.05, 3.63) is 35.1 Å². The normalized spacial score (nSPS) is 23.3. The molecule has 35 heavy (non-hydrogen) atoms. The van der Waals surface area contributed by atoms with Crippen molar-refractivity contribution in [2.75, 3.05) is 29.4 Å². The Balaban J connectivity index is 1.50. The van der Waals surface area contributed by atoms with E-state index >= 15 is 0 Å². The summed E-state index contributed by atoms with van der Waals surface area (Å²) in [7, 11) is 0. The lowest BCUT2D eigenvalue weighted by Crippen LogP contribution is -2.59. The summed E-state index contributed by atoms with van der Waals surface area (Å²) in [6.45, 7) is 11.5. The highest BCUT2D eigenvalue weighted by molar-refractivity contribution is 6.29. The molecule has 2 fully saturated rings. The molecule has 4 heterocycles. The van der Waals surface area contributed by atoms with Crippen molar-refractivity contribution in [3.8, 4) is 0 Å². The lowest BCUT2D eigenvalue weighted by atomic mass is 9.66. The van der Waals surface area contributed by atoms with Gasteiger partial charge in [-0.3, -0.25) is 0 Å². The SMILES string of the molecule is C[C@@H]1CN(c2ncnc3c2C2(CCC2)CN3c2cc(Cl)ncc2F)[C@@H](C)CN1C(=O)OC(C)(C)C. The number of carbonyl (C=O) groups excluding carboxylic acids is 1. The number of hydrogen-bond donors (Lipinski definition) is 0. The van der Waals surface area contributed by atoms with Gasteiger partial charge in [0.25, 0.3) is 0 Å². The Labute approximate surface area is 210 Å². The summed E-state index contributed by atoms with van der Waals surface area (Å²) in [4.78, 5) is 32.1. The third kappa shape index (κ3) is 4.17. The Bertz CT molecular complexity index is 1150. The van der Waals surface area contributed by atoms with Gasteiger partial charge in [0, 0.05) is 48.8 Å². The molecule has 3 aliphatic rings. The molecule has 0 N–H and O–H groups in total. The Morgan fingerprint density at radius 3 is 2.51 bits per heavy atom. The number of piperazine rings is 1. The fourth-order valence-electron chi connectivity index (χ4n) is 5.54. The first-order valence-corrected chi connectivity index (χ1v) is 12.6. The van der Waals surface area contributed by atoms with Crippen LogP contribution in [0.1, 0.15) is 59.4 Å². The monoisotopic (exact) mass is 502 g/mol. The standard InChI is InChI=1S/C25H32ClFN6O2/c1-15-12-32(23(34)35-24(3,4)5)16(2)11-31(15)21-20-22(30-14-29-21)33(13-25(20)7-6-8-25)18-9-19(26)28-10-17(18)27/h9-10,14-16H,6-8,11-13H2,1-5H3/t15-,16+/m0/s1. The number of amides is 1. The minimum Gasteiger partial charge on any atom is -0.444 e. The van der Waals surface area contributed by atoms with Gasteiger partial charge in [-0.2, -0.15) is 0 Å². The highest BCUT2D eigenvalue weighted by Crippen LogP contribution is 2.56. The maximum absolute atomic E-state index is 14.8. The van der Waals surface area contributed by atoms with Crippen LogP contribution < -0.4 is 9.80 Å². The first-order chi connectivity index (χ1) is 16.5. The average Bonchev–Trinajstić information content (AvgIpc) is 3.12. The van der Waals surface area contributed by atoms with Crippen molar-refractivity contribution in [3.63, 3.8) is 0 Å². The van der Waals surface area contributed by atoms with Crippen molar-refractivity contribution in [1.29, 1.82) is 0 Å². The zero-order valence-corrected chi connectivity index (χ0v) is 21.6. The Hall–Kier alpha value is -2.68. The molecule has 2 aromatic heterocycles. The molecule has 10 heteroatoms. The van der Waals surface area contributed by atoms with Crippen molar-refractivity contribution in [2.45, 2.75) is 77.0 Å². The molecule has 5 rings (SSSR count). The number of rotatable bonds is 2. The van der Waals surface area contributed by atoms with Crippen molar-refractivity contribution in [1.82, 2.24) is 19.9 Å². The Morgan fingerprint density at radius 2 is 1.86 bits per heavy atom. The number of pyridine rings is 1. The number of aromatic nitrogens is 3. The largest absolute Gasteiger partial charge is 0.444 e. The molecule has 1 saturated carbocycles. The third-order valence-electron chi connectivity index (χ3n) is 7.34. The van der Waals surface area contributed by atoms with Crippen LogP contribution >= 0.6 is 11.6 Å². The molecule has 1 aliphatic carbocycles. The maximum Gasteiger partial charge on any atom is 0.410 e. The molecule has 1 saturated heterocycles. The minimum atomic E-state index is -0.546. The van der Waals surface area contributed by atoms with Crippen LogP contribution in [0.4, 0.5) is 26.5 Å². The van der Waals surface area contributed by atoms with Gasteiger partial charge in [-0.25, -0.2) is 24.1 Å². The second-order valence-corrected chi connectivity index (χ2v) is 11.4. The van der Waals surface area contributed by atoms with E-state index in [0.717, 1.165) is 42.7 Å². The van der Waals surface area contributed by atoms with Gasteiger partial charge in [0.05, 0.1) is 11.9 Å². The van der Waals surface area contributed by atoms with E-state index in [1.807, 2.05) is 32.6 Å². The number of anilines is 3. The summed E-state index contributed by atoms with van der Waals surface area (Å²) >= 11 is 6.12. The molecule has 2 atom stereocenters. The van der Waals surface area contributed by atoms with Crippen LogP contribution in [0.2, 0.25) is 5.15 Å². The predicted octanol–water partition coefficient (Wildman–Crippen LogP) is 5.07. The average molecular weight is 503 g/mol. The summed E-state index contributed by atoms with van der Waals surface area (Å²) in [5, 5.41) is 0.243. The molecule has 2 aliphatic heterocycles. The zero-order valence-electron chi connectivity index (χ0n) is 20.9. The fraction of sp³-hybridized carbons (Fsp3) is 0.600. The molecule has 2 aromatic rings. The summed E-state index contributed by atoms with van der Waals surface area (Å²) in [5.74, 6) is 1.18. The molecule has 1 spiro atoms. The predicted molar refractivity (Wildman–Crippen MR) is 133 cm³/mol. The minimum absolute atomic E-state index is 0.0241. The van der Waals surface area contributed by atoms with E-state index in [0.29, 0.717) is 25.3 Å². The van der Waals surface area contributed by atoms with Crippen LogP contribution in [0.15, 0.2) is 18.6 Å². The van der Waals surface area contributed by atoms with Gasteiger partial charge in [-0.1, -0.05) is 18.0 Å². The molecular weight excluding hydrogens is 471 g/mol. The quantitative estimate of drug-likeness (QED) is 0.530. The number of ether oxygens (including phenoxy) is 1. The number of nitrogens with zero attached hydrogens (tertiary/aromatic N) is 6. The first kappa shape index (κ1) is 24.0. The van der Waals surface area contributed by atoms with Crippen LogP contribution in [0, 0.1) is 5.82 Å². The summed E-state index contributed by atoms with van der Waals surface area (Å²) < 4.78 is 20.5. The van der Waals surface area contributed by atoms with E-state index in [1.54, 1.807) is 17.3 Å². The highest BCUT2D eigenvalue weighted by Gasteiger charge is 2.52. The number of halogens is 2. The Morgan fingerprint density at radius 1 is 1.14 bits per heavy atom. The summed E-state index contributed by atoms with van der Waals surface area (Å²) in [6, 6.07) is 1.53. The fourth-order valence-corrected chi connectivity index (χ4v) is 5.69. The molecular formula is C25H32ClFN6O2.